The first-order valence-corrected chi connectivity index (χ1v) is 10.1. The minimum absolute atomic E-state index is 0.00387. The number of carbonyl (C=O) groups excluding carboxylic acids is 1. The Morgan fingerprint density at radius 3 is 2.61 bits per heavy atom. The van der Waals surface area contributed by atoms with Gasteiger partial charge in [-0.25, -0.2) is 0 Å². The average Bonchev–Trinajstić information content (AvgIpc) is 3.21. The Labute approximate surface area is 168 Å². The van der Waals surface area contributed by atoms with Gasteiger partial charge in [0.25, 0.3) is 11.1 Å². The largest absolute Gasteiger partial charge is 0.493 e. The molecule has 1 atom stereocenters. The molecular weight excluding hydrogens is 374 g/mol. The highest BCUT2D eigenvalue weighted by molar-refractivity contribution is 7.99. The molecule has 1 unspecified atom stereocenters. The molecule has 28 heavy (non-hydrogen) atoms. The third kappa shape index (κ3) is 4.72. The van der Waals surface area contributed by atoms with Crippen LogP contribution >= 0.6 is 11.8 Å². The van der Waals surface area contributed by atoms with Crippen molar-refractivity contribution in [1.29, 1.82) is 0 Å². The average molecular weight is 398 g/mol. The van der Waals surface area contributed by atoms with E-state index in [1.807, 2.05) is 68.4 Å². The van der Waals surface area contributed by atoms with Gasteiger partial charge in [0.15, 0.2) is 0 Å². The van der Waals surface area contributed by atoms with Gasteiger partial charge in [-0.15, -0.1) is 10.2 Å². The van der Waals surface area contributed by atoms with Gasteiger partial charge in [0.1, 0.15) is 5.75 Å². The van der Waals surface area contributed by atoms with E-state index in [1.54, 1.807) is 11.9 Å². The second kappa shape index (κ2) is 9.41. The summed E-state index contributed by atoms with van der Waals surface area (Å²) < 4.78 is 11.3. The molecule has 0 aliphatic rings. The maximum Gasteiger partial charge on any atom is 0.277 e. The van der Waals surface area contributed by atoms with Crippen molar-refractivity contribution in [2.45, 2.75) is 25.1 Å². The van der Waals surface area contributed by atoms with Crippen molar-refractivity contribution >= 4 is 17.7 Å². The molecule has 7 heteroatoms. The zero-order chi connectivity index (χ0) is 19.9. The predicted octanol–water partition coefficient (Wildman–Crippen LogP) is 4.45. The van der Waals surface area contributed by atoms with Gasteiger partial charge in [-0.2, -0.15) is 0 Å². The Balaban J connectivity index is 1.62. The van der Waals surface area contributed by atoms with E-state index in [1.165, 1.54) is 11.8 Å². The molecule has 0 N–H and O–H groups in total. The Morgan fingerprint density at radius 1 is 1.14 bits per heavy atom. The second-order valence-electron chi connectivity index (χ2n) is 6.18. The van der Waals surface area contributed by atoms with Gasteiger partial charge < -0.3 is 14.1 Å². The fraction of sp³-hybridized carbons (Fsp3) is 0.286. The number of benzene rings is 2. The summed E-state index contributed by atoms with van der Waals surface area (Å²) in [6.07, 6.45) is 0. The topological polar surface area (TPSA) is 68.5 Å². The highest BCUT2D eigenvalue weighted by Crippen LogP contribution is 2.31. The molecule has 0 aliphatic carbocycles. The minimum Gasteiger partial charge on any atom is -0.493 e. The molecule has 0 aliphatic heterocycles. The number of hydrogen-bond donors (Lipinski definition) is 0. The molecule has 0 bridgehead atoms. The van der Waals surface area contributed by atoms with Gasteiger partial charge in [-0.1, -0.05) is 54.2 Å². The van der Waals surface area contributed by atoms with Gasteiger partial charge in [-0.05, 0) is 31.5 Å². The monoisotopic (exact) mass is 397 g/mol. The van der Waals surface area contributed by atoms with Crippen molar-refractivity contribution in [3.8, 4) is 17.2 Å². The Morgan fingerprint density at radius 2 is 1.86 bits per heavy atom. The summed E-state index contributed by atoms with van der Waals surface area (Å²) in [5.41, 5.74) is 1.83. The smallest absolute Gasteiger partial charge is 0.277 e. The van der Waals surface area contributed by atoms with E-state index in [9.17, 15) is 4.79 Å². The van der Waals surface area contributed by atoms with E-state index in [2.05, 4.69) is 10.2 Å². The van der Waals surface area contributed by atoms with Crippen LogP contribution in [0.4, 0.5) is 0 Å². The lowest BCUT2D eigenvalue weighted by Gasteiger charge is -2.25. The van der Waals surface area contributed by atoms with Crippen LogP contribution in [0.25, 0.3) is 11.5 Å². The maximum atomic E-state index is 12.5. The molecular formula is C21H23N3O3S. The molecule has 3 aromatic rings. The molecule has 1 aromatic heterocycles. The van der Waals surface area contributed by atoms with Crippen LogP contribution in [-0.2, 0) is 4.79 Å². The summed E-state index contributed by atoms with van der Waals surface area (Å²) in [6, 6.07) is 17.4. The van der Waals surface area contributed by atoms with Crippen LogP contribution < -0.4 is 4.74 Å². The fourth-order valence-electron chi connectivity index (χ4n) is 2.70. The zero-order valence-electron chi connectivity index (χ0n) is 16.2. The normalized spacial score (nSPS) is 11.8. The van der Waals surface area contributed by atoms with Gasteiger partial charge in [0.05, 0.1) is 24.0 Å². The molecule has 3 rings (SSSR count). The third-order valence-corrected chi connectivity index (χ3v) is 5.20. The number of amides is 1. The first kappa shape index (κ1) is 19.9. The summed E-state index contributed by atoms with van der Waals surface area (Å²) in [6.45, 7) is 4.48. The number of hydrogen-bond acceptors (Lipinski definition) is 6. The number of rotatable bonds is 8. The van der Waals surface area contributed by atoms with E-state index in [0.29, 0.717) is 23.5 Å². The molecule has 0 radical (unpaired) electrons. The number of carbonyl (C=O) groups is 1. The number of aromatic nitrogens is 2. The number of nitrogens with zero attached hydrogens (tertiary/aromatic N) is 3. The van der Waals surface area contributed by atoms with Crippen LogP contribution in [-0.4, -0.2) is 40.4 Å². The Bertz CT molecular complexity index is 914. The van der Waals surface area contributed by atoms with E-state index < -0.39 is 0 Å². The standard InChI is InChI=1S/C21H23N3O3S/c1-4-26-18-13-9-8-12-17(18)20-22-23-21(27-20)28-14-19(25)24(3)15(2)16-10-6-5-7-11-16/h5-13,15H,4,14H2,1-3H3. The van der Waals surface area contributed by atoms with Crippen LogP contribution in [0.5, 0.6) is 5.75 Å². The molecule has 0 fully saturated rings. The van der Waals surface area contributed by atoms with Crippen LogP contribution in [0.2, 0.25) is 0 Å². The highest BCUT2D eigenvalue weighted by atomic mass is 32.2. The molecule has 146 valence electrons. The summed E-state index contributed by atoms with van der Waals surface area (Å²) in [7, 11) is 1.80. The van der Waals surface area contributed by atoms with E-state index in [4.69, 9.17) is 9.15 Å². The van der Waals surface area contributed by atoms with Crippen LogP contribution in [0, 0.1) is 0 Å². The van der Waals surface area contributed by atoms with Crippen molar-refractivity contribution in [1.82, 2.24) is 15.1 Å². The van der Waals surface area contributed by atoms with Crippen molar-refractivity contribution < 1.29 is 13.9 Å². The predicted molar refractivity (Wildman–Crippen MR) is 109 cm³/mol. The quantitative estimate of drug-likeness (QED) is 0.523. The molecule has 2 aromatic carbocycles. The molecule has 1 heterocycles. The molecule has 1 amide bonds. The van der Waals surface area contributed by atoms with Gasteiger partial charge in [0.2, 0.25) is 5.91 Å². The van der Waals surface area contributed by atoms with Gasteiger partial charge >= 0.3 is 0 Å². The van der Waals surface area contributed by atoms with Crippen molar-refractivity contribution in [2.75, 3.05) is 19.4 Å². The number of thioether (sulfide) groups is 1. The van der Waals surface area contributed by atoms with Gasteiger partial charge in [-0.3, -0.25) is 4.79 Å². The van der Waals surface area contributed by atoms with Crippen LogP contribution in [0.3, 0.4) is 0 Å². The lowest BCUT2D eigenvalue weighted by molar-refractivity contribution is -0.128. The maximum absolute atomic E-state index is 12.5. The van der Waals surface area contributed by atoms with Crippen LogP contribution in [0.1, 0.15) is 25.5 Å². The first-order chi connectivity index (χ1) is 13.6. The first-order valence-electron chi connectivity index (χ1n) is 9.09. The van der Waals surface area contributed by atoms with E-state index >= 15 is 0 Å². The van der Waals surface area contributed by atoms with Gasteiger partial charge in [0, 0.05) is 7.05 Å². The molecule has 0 saturated heterocycles. The van der Waals surface area contributed by atoms with Crippen LogP contribution in [0.15, 0.2) is 64.2 Å². The van der Waals surface area contributed by atoms with Crippen molar-refractivity contribution in [2.24, 2.45) is 0 Å². The molecule has 6 nitrogen and oxygen atoms in total. The third-order valence-electron chi connectivity index (χ3n) is 4.40. The number of ether oxygens (including phenoxy) is 1. The Hall–Kier alpha value is -2.80. The zero-order valence-corrected chi connectivity index (χ0v) is 17.0. The summed E-state index contributed by atoms with van der Waals surface area (Å²) in [5.74, 6) is 1.29. The van der Waals surface area contributed by atoms with Crippen molar-refractivity contribution in [3.05, 3.63) is 60.2 Å². The second-order valence-corrected chi connectivity index (χ2v) is 7.11. The SMILES string of the molecule is CCOc1ccccc1-c1nnc(SCC(=O)N(C)C(C)c2ccccc2)o1. The summed E-state index contributed by atoms with van der Waals surface area (Å²) in [5, 5.41) is 8.50. The molecule has 0 saturated carbocycles. The fourth-order valence-corrected chi connectivity index (χ4v) is 3.39. The Kier molecular flexibility index (Phi) is 6.71. The number of para-hydroxylation sites is 1. The summed E-state index contributed by atoms with van der Waals surface area (Å²) >= 11 is 1.23. The minimum atomic E-state index is -0.00869. The van der Waals surface area contributed by atoms with Crippen molar-refractivity contribution in [3.63, 3.8) is 0 Å². The van der Waals surface area contributed by atoms with E-state index in [0.717, 1.165) is 11.1 Å². The molecule has 0 spiro atoms. The lowest BCUT2D eigenvalue weighted by atomic mass is 10.1. The highest BCUT2D eigenvalue weighted by Gasteiger charge is 2.19. The summed E-state index contributed by atoms with van der Waals surface area (Å²) in [4.78, 5) is 14.3. The lowest BCUT2D eigenvalue weighted by Crippen LogP contribution is -2.31. The van der Waals surface area contributed by atoms with E-state index in [-0.39, 0.29) is 17.7 Å².